The van der Waals surface area contributed by atoms with E-state index in [0.717, 1.165) is 22.9 Å². The molecule has 9 nitrogen and oxygen atoms in total. The molecule has 4 aromatic carbocycles. The second kappa shape index (κ2) is 13.2. The van der Waals surface area contributed by atoms with Gasteiger partial charge in [-0.1, -0.05) is 18.2 Å². The summed E-state index contributed by atoms with van der Waals surface area (Å²) < 4.78 is 60.0. The fourth-order valence-corrected chi connectivity index (χ4v) is 4.67. The highest BCUT2D eigenvalue weighted by molar-refractivity contribution is 5.94. The Hall–Kier alpha value is -5.52. The Morgan fingerprint density at radius 3 is 2.28 bits per heavy atom. The van der Waals surface area contributed by atoms with Gasteiger partial charge >= 0.3 is 12.1 Å². The number of nitrogens with one attached hydrogen (secondary N) is 1. The molecular formula is C34H30F3N3O6. The molecule has 0 fully saturated rings. The molecule has 12 heteroatoms. The zero-order valence-electron chi connectivity index (χ0n) is 25.1. The molecule has 1 aromatic heterocycles. The fourth-order valence-electron chi connectivity index (χ4n) is 4.67. The Balaban J connectivity index is 1.55. The molecule has 5 rings (SSSR count). The summed E-state index contributed by atoms with van der Waals surface area (Å²) in [4.78, 5) is 23.1. The van der Waals surface area contributed by atoms with Crippen molar-refractivity contribution in [2.24, 2.45) is 0 Å². The number of carboxylic acid groups (broad SMARTS) is 1. The number of carboxylic acids is 1. The Labute approximate surface area is 262 Å². The predicted molar refractivity (Wildman–Crippen MR) is 165 cm³/mol. The summed E-state index contributed by atoms with van der Waals surface area (Å²) in [5, 5.41) is 17.7. The number of fused-ring (bicyclic) bond motifs is 1. The van der Waals surface area contributed by atoms with Crippen molar-refractivity contribution < 1.29 is 42.1 Å². The molecule has 0 spiro atoms. The number of aliphatic carboxylic acids is 1. The number of alkyl halides is 3. The summed E-state index contributed by atoms with van der Waals surface area (Å²) in [6.07, 6.45) is -3.61. The summed E-state index contributed by atoms with van der Waals surface area (Å²) in [5.41, 5.74) is 0.698. The number of benzene rings is 4. The van der Waals surface area contributed by atoms with E-state index in [9.17, 15) is 22.8 Å². The van der Waals surface area contributed by atoms with Crippen molar-refractivity contribution in [2.45, 2.75) is 32.5 Å². The smallest absolute Gasteiger partial charge is 0.416 e. The van der Waals surface area contributed by atoms with Gasteiger partial charge in [0.2, 0.25) is 5.88 Å². The van der Waals surface area contributed by atoms with E-state index in [1.54, 1.807) is 39.3 Å². The van der Waals surface area contributed by atoms with E-state index >= 15 is 0 Å². The van der Waals surface area contributed by atoms with Crippen LogP contribution in [0.2, 0.25) is 0 Å². The van der Waals surface area contributed by atoms with Crippen LogP contribution < -0.4 is 19.5 Å². The standard InChI is InChI=1S/C34H30F3N3O6/c1-20(2)45-29-17-25(34(35,36)37)16-26(18-29)40-19-30(24-5-4-23-15-28(44-3)11-8-22(23)14-24)33(39-40)46-27-9-6-21(7-10-27)32(43)38-13-12-31(41)42/h4-11,14-20H,12-13H2,1-3H3,(H,38,43)(H,41,42). The maximum Gasteiger partial charge on any atom is 0.416 e. The molecule has 0 unspecified atom stereocenters. The number of halogens is 3. The number of nitrogens with zero attached hydrogens (tertiary/aromatic N) is 2. The first-order chi connectivity index (χ1) is 21.9. The van der Waals surface area contributed by atoms with E-state index < -0.39 is 23.6 Å². The van der Waals surface area contributed by atoms with Crippen LogP contribution in [0.25, 0.3) is 27.6 Å². The minimum absolute atomic E-state index is 0.0226. The average Bonchev–Trinajstić information content (AvgIpc) is 3.43. The van der Waals surface area contributed by atoms with Gasteiger partial charge in [-0.2, -0.15) is 13.2 Å². The topological polar surface area (TPSA) is 112 Å². The number of carbonyl (C=O) groups is 2. The molecule has 0 aliphatic carbocycles. The molecule has 0 aliphatic rings. The van der Waals surface area contributed by atoms with Gasteiger partial charge in [0.15, 0.2) is 0 Å². The molecule has 0 bridgehead atoms. The van der Waals surface area contributed by atoms with Crippen LogP contribution in [0.5, 0.6) is 23.1 Å². The van der Waals surface area contributed by atoms with Crippen LogP contribution in [0.1, 0.15) is 36.2 Å². The third-order valence-corrected chi connectivity index (χ3v) is 6.85. The summed E-state index contributed by atoms with van der Waals surface area (Å²) in [6.45, 7) is 3.42. The van der Waals surface area contributed by atoms with Crippen LogP contribution in [0.15, 0.2) is 85.1 Å². The highest BCUT2D eigenvalue weighted by Gasteiger charge is 2.32. The van der Waals surface area contributed by atoms with Crippen LogP contribution in [-0.2, 0) is 11.0 Å². The second-order valence-electron chi connectivity index (χ2n) is 10.6. The fraction of sp³-hybridized carbons (Fsp3) is 0.206. The van der Waals surface area contributed by atoms with Crippen LogP contribution in [0.4, 0.5) is 13.2 Å². The third-order valence-electron chi connectivity index (χ3n) is 6.85. The lowest BCUT2D eigenvalue weighted by atomic mass is 10.0. The third kappa shape index (κ3) is 7.57. The number of ether oxygens (including phenoxy) is 3. The number of carbonyl (C=O) groups excluding carboxylic acids is 1. The van der Waals surface area contributed by atoms with Crippen LogP contribution in [0, 0.1) is 0 Å². The van der Waals surface area contributed by atoms with Gasteiger partial charge in [-0.15, -0.1) is 5.10 Å². The molecule has 238 valence electrons. The Bertz CT molecular complexity index is 1880. The Morgan fingerprint density at radius 2 is 1.61 bits per heavy atom. The van der Waals surface area contributed by atoms with E-state index in [2.05, 4.69) is 10.4 Å². The summed E-state index contributed by atoms with van der Waals surface area (Å²) in [5.74, 6) is -0.327. The van der Waals surface area contributed by atoms with Crippen molar-refractivity contribution >= 4 is 22.6 Å². The predicted octanol–water partition coefficient (Wildman–Crippen LogP) is 7.50. The number of methoxy groups -OCH3 is 1. The zero-order chi connectivity index (χ0) is 33.0. The second-order valence-corrected chi connectivity index (χ2v) is 10.6. The van der Waals surface area contributed by atoms with Crippen LogP contribution >= 0.6 is 0 Å². The summed E-state index contributed by atoms with van der Waals surface area (Å²) in [6, 6.07) is 20.8. The van der Waals surface area contributed by atoms with Gasteiger partial charge in [0, 0.05) is 24.4 Å². The van der Waals surface area contributed by atoms with Gasteiger partial charge in [0.25, 0.3) is 5.91 Å². The summed E-state index contributed by atoms with van der Waals surface area (Å²) >= 11 is 0. The van der Waals surface area contributed by atoms with Crippen molar-refractivity contribution in [3.63, 3.8) is 0 Å². The maximum absolute atomic E-state index is 13.9. The van der Waals surface area contributed by atoms with Crippen LogP contribution in [-0.4, -0.2) is 46.5 Å². The van der Waals surface area contributed by atoms with E-state index in [-0.39, 0.29) is 41.9 Å². The molecule has 0 atom stereocenters. The molecule has 0 radical (unpaired) electrons. The monoisotopic (exact) mass is 633 g/mol. The van der Waals surface area contributed by atoms with Gasteiger partial charge in [-0.3, -0.25) is 9.59 Å². The van der Waals surface area contributed by atoms with Gasteiger partial charge in [-0.05, 0) is 84.8 Å². The first kappa shape index (κ1) is 31.9. The quantitative estimate of drug-likeness (QED) is 0.155. The number of hydrogen-bond acceptors (Lipinski definition) is 6. The lowest BCUT2D eigenvalue weighted by Gasteiger charge is -2.15. The largest absolute Gasteiger partial charge is 0.497 e. The normalized spacial score (nSPS) is 11.5. The van der Waals surface area contributed by atoms with E-state index in [1.165, 1.54) is 22.9 Å². The molecule has 1 amide bonds. The molecule has 1 heterocycles. The van der Waals surface area contributed by atoms with Gasteiger partial charge in [-0.25, -0.2) is 4.68 Å². The van der Waals surface area contributed by atoms with Crippen molar-refractivity contribution in [2.75, 3.05) is 13.7 Å². The van der Waals surface area contributed by atoms with E-state index in [4.69, 9.17) is 19.3 Å². The number of aromatic nitrogens is 2. The molecule has 46 heavy (non-hydrogen) atoms. The van der Waals surface area contributed by atoms with E-state index in [0.29, 0.717) is 22.6 Å². The van der Waals surface area contributed by atoms with Crippen LogP contribution in [0.3, 0.4) is 0 Å². The SMILES string of the molecule is COc1ccc2cc(-c3cn(-c4cc(OC(C)C)cc(C(F)(F)F)c4)nc3Oc3ccc(C(=O)NCCC(=O)O)cc3)ccc2c1. The molecule has 0 saturated carbocycles. The summed E-state index contributed by atoms with van der Waals surface area (Å²) in [7, 11) is 1.58. The minimum atomic E-state index is -4.62. The minimum Gasteiger partial charge on any atom is -0.497 e. The molecule has 0 aliphatic heterocycles. The molecule has 5 aromatic rings. The zero-order valence-corrected chi connectivity index (χ0v) is 25.1. The number of hydrogen-bond donors (Lipinski definition) is 2. The molecular weight excluding hydrogens is 603 g/mol. The van der Waals surface area contributed by atoms with Crippen molar-refractivity contribution in [3.8, 4) is 39.9 Å². The Kier molecular flexibility index (Phi) is 9.17. The highest BCUT2D eigenvalue weighted by Crippen LogP contribution is 2.38. The lowest BCUT2D eigenvalue weighted by Crippen LogP contribution is -2.25. The molecule has 0 saturated heterocycles. The van der Waals surface area contributed by atoms with Gasteiger partial charge in [0.1, 0.15) is 17.2 Å². The molecule has 2 N–H and O–H groups in total. The van der Waals surface area contributed by atoms with E-state index in [1.807, 2.05) is 36.4 Å². The average molecular weight is 634 g/mol. The first-order valence-corrected chi connectivity index (χ1v) is 14.2. The lowest BCUT2D eigenvalue weighted by molar-refractivity contribution is -0.138. The van der Waals surface area contributed by atoms with Gasteiger partial charge < -0.3 is 24.6 Å². The van der Waals surface area contributed by atoms with Gasteiger partial charge in [0.05, 0.1) is 36.4 Å². The number of amides is 1. The van der Waals surface area contributed by atoms with Crippen molar-refractivity contribution in [1.29, 1.82) is 0 Å². The first-order valence-electron chi connectivity index (χ1n) is 14.2. The Morgan fingerprint density at radius 1 is 0.913 bits per heavy atom. The maximum atomic E-state index is 13.9. The highest BCUT2D eigenvalue weighted by atomic mass is 19.4. The van der Waals surface area contributed by atoms with Crippen molar-refractivity contribution in [1.82, 2.24) is 15.1 Å². The van der Waals surface area contributed by atoms with Crippen molar-refractivity contribution in [3.05, 3.63) is 96.2 Å². The number of rotatable bonds is 11.